The summed E-state index contributed by atoms with van der Waals surface area (Å²) in [6.45, 7) is 11.7. The first-order valence-corrected chi connectivity index (χ1v) is 12.8. The highest BCUT2D eigenvalue weighted by Crippen LogP contribution is 2.64. The van der Waals surface area contributed by atoms with Crippen molar-refractivity contribution in [3.63, 3.8) is 0 Å². The molecule has 7 nitrogen and oxygen atoms in total. The first-order valence-electron chi connectivity index (χ1n) is 12.8. The maximum atomic E-state index is 11.7. The zero-order chi connectivity index (χ0) is 26.5. The first kappa shape index (κ1) is 27.5. The molecule has 7 heteroatoms. The SMILES string of the molecule is CC(C)C[C@@H](c1c(O)c(C=O)c(O)c(C=O)c1O)[C@@H]1CC[C@@](C)(O)[C@@H]2CC(C(C)(C)O)CC[C@]21C. The van der Waals surface area contributed by atoms with Crippen LogP contribution >= 0.6 is 0 Å². The number of carbonyl (C=O) groups excluding carboxylic acids is 2. The Morgan fingerprint density at radius 1 is 0.971 bits per heavy atom. The number of carbonyl (C=O) groups is 2. The van der Waals surface area contributed by atoms with Crippen molar-refractivity contribution < 1.29 is 35.1 Å². The average Bonchev–Trinajstić information content (AvgIpc) is 2.72. The van der Waals surface area contributed by atoms with Crippen LogP contribution in [0.4, 0.5) is 0 Å². The molecule has 0 radical (unpaired) electrons. The van der Waals surface area contributed by atoms with Crippen LogP contribution in [0.5, 0.6) is 17.2 Å². The smallest absolute Gasteiger partial charge is 0.157 e. The lowest BCUT2D eigenvalue weighted by atomic mass is 9.46. The Morgan fingerprint density at radius 2 is 1.51 bits per heavy atom. The van der Waals surface area contributed by atoms with Gasteiger partial charge in [0.2, 0.25) is 0 Å². The van der Waals surface area contributed by atoms with E-state index in [4.69, 9.17) is 0 Å². The van der Waals surface area contributed by atoms with Crippen LogP contribution in [0.25, 0.3) is 0 Å². The molecule has 0 aromatic heterocycles. The van der Waals surface area contributed by atoms with E-state index < -0.39 is 45.5 Å². The Hall–Kier alpha value is -2.12. The summed E-state index contributed by atoms with van der Waals surface area (Å²) in [6, 6.07) is 0. The second kappa shape index (κ2) is 9.40. The standard InChI is InChI=1S/C28H42O7/c1-15(2)11-17(22-24(32)18(13-29)23(31)19(14-30)25(22)33)20-8-10-28(6,35)21-12-16(26(3,4)34)7-9-27(20,21)5/h13-17,20-21,31-35H,7-12H2,1-6H3/t16?,17-,20+,21-,27+,28-/m1/s1. The van der Waals surface area contributed by atoms with Gasteiger partial charge in [-0.05, 0) is 94.3 Å². The minimum absolute atomic E-state index is 0.0353. The molecule has 0 saturated heterocycles. The number of phenols is 3. The summed E-state index contributed by atoms with van der Waals surface area (Å²) in [5.74, 6) is -2.10. The van der Waals surface area contributed by atoms with Crippen molar-refractivity contribution in [3.05, 3.63) is 16.7 Å². The maximum Gasteiger partial charge on any atom is 0.157 e. The number of aldehydes is 2. The molecule has 0 bridgehead atoms. The van der Waals surface area contributed by atoms with Gasteiger partial charge in [0.25, 0.3) is 0 Å². The molecule has 1 aromatic carbocycles. The van der Waals surface area contributed by atoms with E-state index in [1.165, 1.54) is 0 Å². The molecular formula is C28H42O7. The van der Waals surface area contributed by atoms with Gasteiger partial charge >= 0.3 is 0 Å². The van der Waals surface area contributed by atoms with E-state index in [-0.39, 0.29) is 34.7 Å². The lowest BCUT2D eigenvalue weighted by molar-refractivity contribution is -0.171. The quantitative estimate of drug-likeness (QED) is 0.343. The van der Waals surface area contributed by atoms with Gasteiger partial charge in [0.1, 0.15) is 17.2 Å². The van der Waals surface area contributed by atoms with Crippen molar-refractivity contribution in [1.82, 2.24) is 0 Å². The molecule has 0 aliphatic heterocycles. The van der Waals surface area contributed by atoms with Gasteiger partial charge in [0.05, 0.1) is 22.3 Å². The number of fused-ring (bicyclic) bond motifs is 1. The van der Waals surface area contributed by atoms with Gasteiger partial charge in [0, 0.05) is 5.56 Å². The lowest BCUT2D eigenvalue weighted by Crippen LogP contribution is -2.57. The van der Waals surface area contributed by atoms with Gasteiger partial charge in [0.15, 0.2) is 12.6 Å². The Balaban J connectivity index is 2.20. The van der Waals surface area contributed by atoms with Crippen LogP contribution in [0.2, 0.25) is 0 Å². The normalized spacial score (nSPS) is 32.2. The highest BCUT2D eigenvalue weighted by atomic mass is 16.3. The molecule has 2 aliphatic carbocycles. The van der Waals surface area contributed by atoms with Crippen LogP contribution in [-0.4, -0.2) is 49.3 Å². The molecule has 0 heterocycles. The molecule has 35 heavy (non-hydrogen) atoms. The number of aliphatic hydroxyl groups is 2. The van der Waals surface area contributed by atoms with E-state index in [2.05, 4.69) is 6.92 Å². The molecule has 0 spiro atoms. The molecule has 5 N–H and O–H groups in total. The van der Waals surface area contributed by atoms with Crippen LogP contribution in [-0.2, 0) is 0 Å². The average molecular weight is 491 g/mol. The Kier molecular flexibility index (Phi) is 7.37. The summed E-state index contributed by atoms with van der Waals surface area (Å²) in [6.07, 6.45) is 4.53. The predicted octanol–water partition coefficient (Wildman–Crippen LogP) is 4.91. The minimum Gasteiger partial charge on any atom is -0.507 e. The fourth-order valence-electron chi connectivity index (χ4n) is 7.33. The van der Waals surface area contributed by atoms with Gasteiger partial charge in [-0.25, -0.2) is 0 Å². The van der Waals surface area contributed by atoms with E-state index in [0.29, 0.717) is 38.3 Å². The van der Waals surface area contributed by atoms with Crippen molar-refractivity contribution in [2.24, 2.45) is 29.1 Å². The molecule has 196 valence electrons. The fraction of sp³-hybridized carbons (Fsp3) is 0.714. The van der Waals surface area contributed by atoms with Gasteiger partial charge in [-0.3, -0.25) is 9.59 Å². The molecule has 0 amide bonds. The van der Waals surface area contributed by atoms with E-state index in [0.717, 1.165) is 12.8 Å². The Labute approximate surface area is 208 Å². The van der Waals surface area contributed by atoms with Crippen LogP contribution in [0.1, 0.15) is 112 Å². The molecular weight excluding hydrogens is 448 g/mol. The largest absolute Gasteiger partial charge is 0.507 e. The number of rotatable bonds is 7. The summed E-state index contributed by atoms with van der Waals surface area (Å²) in [7, 11) is 0. The molecule has 6 atom stereocenters. The maximum absolute atomic E-state index is 11.7. The van der Waals surface area contributed by atoms with E-state index in [9.17, 15) is 35.1 Å². The molecule has 1 aromatic rings. The van der Waals surface area contributed by atoms with Gasteiger partial charge in [-0.15, -0.1) is 0 Å². The summed E-state index contributed by atoms with van der Waals surface area (Å²) in [4.78, 5) is 23.5. The summed E-state index contributed by atoms with van der Waals surface area (Å²) in [5, 5.41) is 54.7. The molecule has 2 fully saturated rings. The number of hydrogen-bond donors (Lipinski definition) is 5. The molecule has 1 unspecified atom stereocenters. The lowest BCUT2D eigenvalue weighted by Gasteiger charge is -2.60. The minimum atomic E-state index is -0.932. The van der Waals surface area contributed by atoms with Crippen LogP contribution in [0, 0.1) is 29.1 Å². The summed E-state index contributed by atoms with van der Waals surface area (Å²) in [5.41, 5.74) is -2.85. The zero-order valence-corrected chi connectivity index (χ0v) is 21.8. The van der Waals surface area contributed by atoms with Crippen molar-refractivity contribution in [2.45, 2.75) is 97.2 Å². The van der Waals surface area contributed by atoms with Gasteiger partial charge in [-0.1, -0.05) is 20.8 Å². The fourth-order valence-corrected chi connectivity index (χ4v) is 7.33. The van der Waals surface area contributed by atoms with Crippen LogP contribution in [0.15, 0.2) is 0 Å². The van der Waals surface area contributed by atoms with Gasteiger partial charge < -0.3 is 25.5 Å². The van der Waals surface area contributed by atoms with E-state index in [1.54, 1.807) is 0 Å². The number of phenolic OH excluding ortho intramolecular Hbond substituents is 3. The first-order chi connectivity index (χ1) is 16.1. The summed E-state index contributed by atoms with van der Waals surface area (Å²) < 4.78 is 0. The number of hydrogen-bond acceptors (Lipinski definition) is 7. The third kappa shape index (κ3) is 4.69. The second-order valence-electron chi connectivity index (χ2n) is 12.4. The highest BCUT2D eigenvalue weighted by Gasteiger charge is 2.58. The van der Waals surface area contributed by atoms with Crippen LogP contribution < -0.4 is 0 Å². The van der Waals surface area contributed by atoms with E-state index in [1.807, 2.05) is 34.6 Å². The molecule has 2 saturated carbocycles. The van der Waals surface area contributed by atoms with Crippen molar-refractivity contribution in [1.29, 1.82) is 0 Å². The number of benzene rings is 1. The van der Waals surface area contributed by atoms with Crippen molar-refractivity contribution >= 4 is 12.6 Å². The van der Waals surface area contributed by atoms with E-state index >= 15 is 0 Å². The van der Waals surface area contributed by atoms with Crippen molar-refractivity contribution in [3.8, 4) is 17.2 Å². The predicted molar refractivity (Wildman–Crippen MR) is 133 cm³/mol. The highest BCUT2D eigenvalue weighted by molar-refractivity contribution is 5.95. The zero-order valence-electron chi connectivity index (χ0n) is 21.8. The third-order valence-corrected chi connectivity index (χ3v) is 9.25. The topological polar surface area (TPSA) is 135 Å². The van der Waals surface area contributed by atoms with Crippen LogP contribution in [0.3, 0.4) is 0 Å². The monoisotopic (exact) mass is 490 g/mol. The Morgan fingerprint density at radius 3 is 1.97 bits per heavy atom. The second-order valence-corrected chi connectivity index (χ2v) is 12.4. The van der Waals surface area contributed by atoms with Crippen molar-refractivity contribution in [2.75, 3.05) is 0 Å². The Bertz CT molecular complexity index is 939. The molecule has 2 aliphatic rings. The number of aromatic hydroxyl groups is 3. The molecule has 3 rings (SSSR count). The van der Waals surface area contributed by atoms with Gasteiger partial charge in [-0.2, -0.15) is 0 Å². The third-order valence-electron chi connectivity index (χ3n) is 9.25. The summed E-state index contributed by atoms with van der Waals surface area (Å²) >= 11 is 0.